The Labute approximate surface area is 316 Å². The number of nitrogen functional groups attached to an aromatic ring is 1. The Bertz CT molecular complexity index is 1840. The highest BCUT2D eigenvalue weighted by Gasteiger charge is 2.53. The maximum absolute atomic E-state index is 17.1. The van der Waals surface area contributed by atoms with Crippen molar-refractivity contribution in [2.75, 3.05) is 63.8 Å². The van der Waals surface area contributed by atoms with Gasteiger partial charge in [-0.1, -0.05) is 38.8 Å². The highest BCUT2D eigenvalue weighted by molar-refractivity contribution is 6.32. The minimum atomic E-state index is -1.21. The second-order valence-corrected chi connectivity index (χ2v) is 16.2. The Hall–Kier alpha value is -3.36. The topological polar surface area (TPSA) is 163 Å². The molecule has 2 aromatic heterocycles. The lowest BCUT2D eigenvalue weighted by Gasteiger charge is -2.56. The number of aliphatic hydroxyl groups is 2. The van der Waals surface area contributed by atoms with Crippen molar-refractivity contribution in [2.45, 2.75) is 97.2 Å². The van der Waals surface area contributed by atoms with Gasteiger partial charge < -0.3 is 40.5 Å². The van der Waals surface area contributed by atoms with Crippen LogP contribution in [-0.2, 0) is 4.74 Å². The van der Waals surface area contributed by atoms with E-state index in [0.717, 1.165) is 57.7 Å². The third-order valence-corrected chi connectivity index (χ3v) is 12.2. The van der Waals surface area contributed by atoms with E-state index in [1.54, 1.807) is 13.8 Å². The van der Waals surface area contributed by atoms with Crippen LogP contribution in [0, 0.1) is 29.0 Å². The number of benzene rings is 1. The second kappa shape index (κ2) is 15.4. The summed E-state index contributed by atoms with van der Waals surface area (Å²) in [6.45, 7) is 12.2. The first-order valence-corrected chi connectivity index (χ1v) is 19.3. The van der Waals surface area contributed by atoms with Crippen LogP contribution in [-0.4, -0.2) is 107 Å². The number of hydrogen-bond acceptors (Lipinski definition) is 12. The van der Waals surface area contributed by atoms with E-state index in [1.807, 2.05) is 18.7 Å². The molecule has 290 valence electrons. The molecule has 2 aliphatic carbocycles. The Kier molecular flexibility index (Phi) is 11.4. The van der Waals surface area contributed by atoms with Crippen molar-refractivity contribution < 1.29 is 28.8 Å². The highest BCUT2D eigenvalue weighted by atomic mass is 35.5. The summed E-state index contributed by atoms with van der Waals surface area (Å²) in [5.41, 5.74) is 6.01. The molecule has 53 heavy (non-hydrogen) atoms. The molecule has 0 spiro atoms. The molecule has 2 saturated carbocycles. The number of ether oxygens (including phenoxy) is 3. The number of halogens is 2. The molecular formula is C39H55ClFN7O5. The Balaban J connectivity index is 0.00000236. The summed E-state index contributed by atoms with van der Waals surface area (Å²) in [5.74, 6) is -0.384. The van der Waals surface area contributed by atoms with Crippen molar-refractivity contribution in [3.63, 3.8) is 0 Å². The lowest BCUT2D eigenvalue weighted by Crippen LogP contribution is -2.60. The molecule has 12 nitrogen and oxygen atoms in total. The van der Waals surface area contributed by atoms with Crippen LogP contribution in [0.1, 0.15) is 83.8 Å². The van der Waals surface area contributed by atoms with Gasteiger partial charge in [-0.15, -0.1) is 0 Å². The first kappa shape index (κ1) is 39.3. The maximum Gasteiger partial charge on any atom is 0.319 e. The van der Waals surface area contributed by atoms with E-state index < -0.39 is 11.4 Å². The number of rotatable bonds is 9. The molecule has 0 bridgehead atoms. The number of anilines is 2. The molecule has 1 aromatic carbocycles. The van der Waals surface area contributed by atoms with Crippen molar-refractivity contribution in [1.29, 1.82) is 5.41 Å². The minimum Gasteiger partial charge on any atom is -0.480 e. The van der Waals surface area contributed by atoms with Gasteiger partial charge in [0.05, 0.1) is 33.5 Å². The van der Waals surface area contributed by atoms with Crippen molar-refractivity contribution in [3.8, 4) is 23.1 Å². The number of β-amino-alcohol motifs (C(OH)–C–C–N with tert-alkyl or cyclic N) is 1. The van der Waals surface area contributed by atoms with E-state index >= 15 is 4.39 Å². The van der Waals surface area contributed by atoms with Gasteiger partial charge in [0.1, 0.15) is 28.0 Å². The molecule has 0 amide bonds. The number of likely N-dealkylation sites (tertiary alicyclic amines) is 1. The predicted octanol–water partition coefficient (Wildman–Crippen LogP) is 6.17. The standard InChI is InChI=1S/C37H49ClFN7O5.C2H6/c1-21-24(38)13-25(41)23(16-40)27(21)30-29(39)31-28(33(42-30)49-4)32(45-11-12-50-19-36(3,48)17-45)44-34(43-31)51-20-37-8-5-7-26(37)46(10-6-9-37)22-14-35(2,15-22)18-47;1-2/h13,16,22,26,40,47-48H,5-12,14-15,17-20,41H2,1-4H3;1-2H3. The van der Waals surface area contributed by atoms with Crippen LogP contribution in [0.4, 0.5) is 15.9 Å². The zero-order valence-electron chi connectivity index (χ0n) is 31.9. The van der Waals surface area contributed by atoms with E-state index in [0.29, 0.717) is 48.2 Å². The highest BCUT2D eigenvalue weighted by Crippen LogP contribution is 2.53. The average Bonchev–Trinajstić information content (AvgIpc) is 3.49. The van der Waals surface area contributed by atoms with Gasteiger partial charge in [-0.05, 0) is 76.0 Å². The van der Waals surface area contributed by atoms with Crippen LogP contribution in [0.15, 0.2) is 6.07 Å². The molecule has 4 fully saturated rings. The monoisotopic (exact) mass is 755 g/mol. The number of methoxy groups -OCH3 is 1. The molecule has 3 aromatic rings. The van der Waals surface area contributed by atoms with Crippen molar-refractivity contribution in [3.05, 3.63) is 28.0 Å². The lowest BCUT2D eigenvalue weighted by atomic mass is 9.65. The number of piperidine rings is 1. The van der Waals surface area contributed by atoms with Crippen LogP contribution in [0.2, 0.25) is 5.02 Å². The number of aliphatic hydroxyl groups excluding tert-OH is 1. The Morgan fingerprint density at radius 1 is 1.17 bits per heavy atom. The smallest absolute Gasteiger partial charge is 0.319 e. The van der Waals surface area contributed by atoms with Crippen molar-refractivity contribution in [1.82, 2.24) is 19.9 Å². The average molecular weight is 756 g/mol. The predicted molar refractivity (Wildman–Crippen MR) is 206 cm³/mol. The van der Waals surface area contributed by atoms with Crippen LogP contribution >= 0.6 is 11.6 Å². The van der Waals surface area contributed by atoms with E-state index in [9.17, 15) is 10.2 Å². The fraction of sp³-hybridized carbons (Fsp3) is 0.641. The minimum absolute atomic E-state index is 0.00806. The summed E-state index contributed by atoms with van der Waals surface area (Å²) < 4.78 is 35.2. The van der Waals surface area contributed by atoms with Crippen LogP contribution in [0.25, 0.3) is 22.2 Å². The maximum atomic E-state index is 17.1. The van der Waals surface area contributed by atoms with Crippen LogP contribution in [0.5, 0.6) is 11.9 Å². The van der Waals surface area contributed by atoms with Gasteiger partial charge in [-0.2, -0.15) is 9.97 Å². The summed E-state index contributed by atoms with van der Waals surface area (Å²) in [6.07, 6.45) is 8.31. The molecule has 7 rings (SSSR count). The summed E-state index contributed by atoms with van der Waals surface area (Å²) in [5, 5.41) is 29.7. The number of hydrogen-bond donors (Lipinski definition) is 4. The molecule has 2 aliphatic heterocycles. The molecule has 14 heteroatoms. The molecular weight excluding hydrogens is 701 g/mol. The normalized spacial score (nSPS) is 28.8. The Morgan fingerprint density at radius 2 is 1.91 bits per heavy atom. The summed E-state index contributed by atoms with van der Waals surface area (Å²) in [7, 11) is 1.44. The number of fused-ring (bicyclic) bond motifs is 2. The third-order valence-electron chi connectivity index (χ3n) is 11.8. The van der Waals surface area contributed by atoms with E-state index in [-0.39, 0.29) is 75.9 Å². The summed E-state index contributed by atoms with van der Waals surface area (Å²) >= 11 is 6.52. The molecule has 4 heterocycles. The largest absolute Gasteiger partial charge is 0.480 e. The van der Waals surface area contributed by atoms with E-state index in [2.05, 4.69) is 16.8 Å². The first-order valence-electron chi connectivity index (χ1n) is 18.9. The number of aromatic nitrogens is 3. The van der Waals surface area contributed by atoms with Crippen LogP contribution in [0.3, 0.4) is 0 Å². The molecule has 3 atom stereocenters. The zero-order chi connectivity index (χ0) is 38.3. The van der Waals surface area contributed by atoms with E-state index in [4.69, 9.17) is 46.9 Å². The van der Waals surface area contributed by atoms with Gasteiger partial charge in [0.25, 0.3) is 0 Å². The van der Waals surface area contributed by atoms with Gasteiger partial charge in [-0.25, -0.2) is 9.37 Å². The number of nitrogens with one attached hydrogen (secondary N) is 1. The third kappa shape index (κ3) is 7.27. The van der Waals surface area contributed by atoms with Crippen molar-refractivity contribution >= 4 is 40.2 Å². The number of nitrogens with two attached hydrogens (primary N) is 1. The summed E-state index contributed by atoms with van der Waals surface area (Å²) in [4.78, 5) is 18.7. The molecule has 4 aliphatic rings. The molecule has 2 saturated heterocycles. The van der Waals surface area contributed by atoms with Gasteiger partial charge in [0, 0.05) is 58.7 Å². The van der Waals surface area contributed by atoms with Gasteiger partial charge in [0.2, 0.25) is 5.88 Å². The molecule has 5 N–H and O–H groups in total. The molecule has 3 unspecified atom stereocenters. The quantitative estimate of drug-likeness (QED) is 0.146. The van der Waals surface area contributed by atoms with E-state index in [1.165, 1.54) is 13.2 Å². The van der Waals surface area contributed by atoms with Gasteiger partial charge in [0.15, 0.2) is 5.82 Å². The fourth-order valence-corrected chi connectivity index (χ4v) is 9.38. The second-order valence-electron chi connectivity index (χ2n) is 15.7. The molecule has 0 radical (unpaired) electrons. The number of nitrogens with zero attached hydrogens (tertiary/aromatic N) is 5. The SMILES string of the molecule is CC.COc1nc(-c2c(C)c(Cl)cc(N)c2C=N)c(F)c2nc(OCC34CCCC3N(C3CC(C)(CO)C3)CCC4)nc(N3CCOCC(C)(O)C3)c12. The zero-order valence-corrected chi connectivity index (χ0v) is 32.7. The van der Waals surface area contributed by atoms with Crippen LogP contribution < -0.4 is 20.1 Å². The fourth-order valence-electron chi connectivity index (χ4n) is 9.17. The lowest BCUT2D eigenvalue weighted by molar-refractivity contribution is -0.0884. The van der Waals surface area contributed by atoms with Crippen molar-refractivity contribution in [2.24, 2.45) is 10.8 Å². The first-order chi connectivity index (χ1) is 25.3. The summed E-state index contributed by atoms with van der Waals surface area (Å²) in [6, 6.07) is 2.35. The number of pyridine rings is 1. The van der Waals surface area contributed by atoms with Gasteiger partial charge in [-0.3, -0.25) is 4.90 Å². The van der Waals surface area contributed by atoms with Gasteiger partial charge >= 0.3 is 6.01 Å². The Morgan fingerprint density at radius 3 is 2.60 bits per heavy atom.